The van der Waals surface area contributed by atoms with Crippen molar-refractivity contribution in [1.82, 2.24) is 14.8 Å². The number of aliphatic hydroxyl groups excluding tert-OH is 1. The number of nitrogens with one attached hydrogen (secondary N) is 2. The van der Waals surface area contributed by atoms with E-state index in [-0.39, 0.29) is 6.61 Å². The molecule has 1 aromatic rings. The van der Waals surface area contributed by atoms with Crippen LogP contribution in [0.5, 0.6) is 0 Å². The molecule has 1 saturated carbocycles. The highest BCUT2D eigenvalue weighted by atomic mass is 16.3. The summed E-state index contributed by atoms with van der Waals surface area (Å²) >= 11 is 0. The van der Waals surface area contributed by atoms with Crippen LogP contribution >= 0.6 is 0 Å². The van der Waals surface area contributed by atoms with Gasteiger partial charge in [0.15, 0.2) is 0 Å². The lowest BCUT2D eigenvalue weighted by Crippen LogP contribution is -2.52. The Morgan fingerprint density at radius 2 is 1.85 bits per heavy atom. The third-order valence-electron chi connectivity index (χ3n) is 2.74. The minimum Gasteiger partial charge on any atom is -0.394 e. The molecule has 0 atom stereocenters. The van der Waals surface area contributed by atoms with Crippen LogP contribution in [-0.4, -0.2) is 26.5 Å². The van der Waals surface area contributed by atoms with Crippen LogP contribution in [0.2, 0.25) is 0 Å². The Morgan fingerprint density at radius 1 is 1.31 bits per heavy atom. The molecular formula is C7H11N3O3. The topological polar surface area (TPSA) is 90.9 Å². The molecule has 6 nitrogen and oxygen atoms in total. The maximum absolute atomic E-state index is 11.2. The van der Waals surface area contributed by atoms with Crippen molar-refractivity contribution < 1.29 is 5.11 Å². The van der Waals surface area contributed by atoms with E-state index in [2.05, 4.69) is 10.2 Å². The van der Waals surface area contributed by atoms with Crippen LogP contribution < -0.4 is 11.4 Å². The Labute approximate surface area is 73.2 Å². The van der Waals surface area contributed by atoms with Crippen molar-refractivity contribution in [2.75, 3.05) is 6.61 Å². The van der Waals surface area contributed by atoms with Gasteiger partial charge in [-0.2, -0.15) is 0 Å². The van der Waals surface area contributed by atoms with Gasteiger partial charge < -0.3 is 5.11 Å². The molecule has 0 bridgehead atoms. The average molecular weight is 185 g/mol. The minimum absolute atomic E-state index is 0.159. The summed E-state index contributed by atoms with van der Waals surface area (Å²) < 4.78 is 1.08. The first kappa shape index (κ1) is 8.31. The second kappa shape index (κ2) is 2.59. The summed E-state index contributed by atoms with van der Waals surface area (Å²) in [4.78, 5) is 22.4. The number of aliphatic hydroxyl groups is 1. The van der Waals surface area contributed by atoms with Crippen molar-refractivity contribution in [2.45, 2.75) is 24.8 Å². The van der Waals surface area contributed by atoms with E-state index < -0.39 is 16.9 Å². The Hall–Kier alpha value is -1.30. The molecule has 2 rings (SSSR count). The van der Waals surface area contributed by atoms with Gasteiger partial charge in [-0.1, -0.05) is 0 Å². The second-order valence-corrected chi connectivity index (χ2v) is 3.43. The van der Waals surface area contributed by atoms with E-state index >= 15 is 0 Å². The van der Waals surface area contributed by atoms with Gasteiger partial charge in [-0.25, -0.2) is 24.4 Å². The molecule has 0 aromatic carbocycles. The Kier molecular flexibility index (Phi) is 1.66. The van der Waals surface area contributed by atoms with Crippen molar-refractivity contribution in [3.63, 3.8) is 0 Å². The van der Waals surface area contributed by atoms with E-state index in [4.69, 9.17) is 5.11 Å². The molecule has 6 heteroatoms. The molecule has 0 spiro atoms. The predicted octanol–water partition coefficient (Wildman–Crippen LogP) is -1.26. The highest BCUT2D eigenvalue weighted by Gasteiger charge is 2.40. The van der Waals surface area contributed by atoms with Crippen LogP contribution in [0.1, 0.15) is 19.3 Å². The fourth-order valence-electron chi connectivity index (χ4n) is 1.78. The van der Waals surface area contributed by atoms with E-state index in [0.717, 1.165) is 11.0 Å². The minimum atomic E-state index is -0.648. The fourth-order valence-corrected chi connectivity index (χ4v) is 1.78. The van der Waals surface area contributed by atoms with Gasteiger partial charge in [0, 0.05) is 0 Å². The van der Waals surface area contributed by atoms with Gasteiger partial charge in [0.2, 0.25) is 0 Å². The molecule has 0 saturated heterocycles. The largest absolute Gasteiger partial charge is 0.394 e. The number of aromatic nitrogens is 3. The van der Waals surface area contributed by atoms with Gasteiger partial charge in [0.1, 0.15) is 0 Å². The smallest absolute Gasteiger partial charge is 0.344 e. The number of hydrogen-bond acceptors (Lipinski definition) is 3. The average Bonchev–Trinajstić information content (AvgIpc) is 2.35. The number of hydrogen-bond donors (Lipinski definition) is 3. The third kappa shape index (κ3) is 0.983. The molecule has 0 unspecified atom stereocenters. The third-order valence-corrected chi connectivity index (χ3v) is 2.74. The fraction of sp³-hybridized carbons (Fsp3) is 0.714. The van der Waals surface area contributed by atoms with E-state index in [0.29, 0.717) is 12.8 Å². The molecule has 1 aromatic heterocycles. The van der Waals surface area contributed by atoms with Gasteiger partial charge in [0.05, 0.1) is 12.1 Å². The Bertz CT molecular complexity index is 376. The molecule has 0 aliphatic heterocycles. The highest BCUT2D eigenvalue weighted by molar-refractivity contribution is 4.95. The molecule has 72 valence electrons. The van der Waals surface area contributed by atoms with Gasteiger partial charge in [-0.15, -0.1) is 0 Å². The standard InChI is InChI=1S/C7H11N3O3/c11-4-7(2-1-3-7)10-5(12)8-9-6(10)13/h11H,1-4H2,(H,8,12)(H,9,13). The van der Waals surface area contributed by atoms with Crippen LogP contribution in [0.3, 0.4) is 0 Å². The molecule has 0 amide bonds. The van der Waals surface area contributed by atoms with Gasteiger partial charge in [-0.3, -0.25) is 0 Å². The molecule has 13 heavy (non-hydrogen) atoms. The summed E-state index contributed by atoms with van der Waals surface area (Å²) in [5.41, 5.74) is -1.59. The van der Waals surface area contributed by atoms with Gasteiger partial charge in [-0.05, 0) is 19.3 Å². The van der Waals surface area contributed by atoms with E-state index in [1.54, 1.807) is 0 Å². The normalized spacial score (nSPS) is 19.8. The predicted molar refractivity (Wildman–Crippen MR) is 44.6 cm³/mol. The first-order chi connectivity index (χ1) is 6.19. The zero-order valence-corrected chi connectivity index (χ0v) is 7.04. The van der Waals surface area contributed by atoms with Crippen LogP contribution in [0.25, 0.3) is 0 Å². The lowest BCUT2D eigenvalue weighted by atomic mass is 9.77. The zero-order valence-electron chi connectivity index (χ0n) is 7.04. The van der Waals surface area contributed by atoms with Crippen molar-refractivity contribution in [2.24, 2.45) is 0 Å². The van der Waals surface area contributed by atoms with Crippen LogP contribution in [0.4, 0.5) is 0 Å². The molecule has 1 fully saturated rings. The maximum Gasteiger partial charge on any atom is 0.344 e. The summed E-state index contributed by atoms with van der Waals surface area (Å²) in [5, 5.41) is 13.5. The quantitative estimate of drug-likeness (QED) is 0.537. The molecular weight excluding hydrogens is 174 g/mol. The zero-order chi connectivity index (χ0) is 9.47. The summed E-state index contributed by atoms with van der Waals surface area (Å²) in [6.45, 7) is -0.159. The Morgan fingerprint density at radius 3 is 2.15 bits per heavy atom. The van der Waals surface area contributed by atoms with Crippen molar-refractivity contribution in [3.8, 4) is 0 Å². The molecule has 0 radical (unpaired) electrons. The molecule has 1 heterocycles. The lowest BCUT2D eigenvalue weighted by molar-refractivity contribution is 0.0492. The first-order valence-electron chi connectivity index (χ1n) is 4.21. The van der Waals surface area contributed by atoms with Crippen molar-refractivity contribution in [3.05, 3.63) is 21.0 Å². The van der Waals surface area contributed by atoms with Crippen LogP contribution in [0, 0.1) is 0 Å². The molecule has 1 aliphatic rings. The number of nitrogens with zero attached hydrogens (tertiary/aromatic N) is 1. The van der Waals surface area contributed by atoms with Crippen LogP contribution in [0.15, 0.2) is 9.59 Å². The van der Waals surface area contributed by atoms with E-state index in [1.165, 1.54) is 0 Å². The number of H-pyrrole nitrogens is 2. The monoisotopic (exact) mass is 185 g/mol. The number of aromatic amines is 2. The first-order valence-corrected chi connectivity index (χ1v) is 4.21. The van der Waals surface area contributed by atoms with E-state index in [9.17, 15) is 9.59 Å². The van der Waals surface area contributed by atoms with Crippen molar-refractivity contribution >= 4 is 0 Å². The second-order valence-electron chi connectivity index (χ2n) is 3.43. The summed E-state index contributed by atoms with van der Waals surface area (Å²) in [6, 6.07) is 0. The molecule has 1 aliphatic carbocycles. The SMILES string of the molecule is O=c1[nH][nH]c(=O)n1C1(CO)CCC1. The van der Waals surface area contributed by atoms with Crippen LogP contribution in [-0.2, 0) is 5.54 Å². The molecule has 3 N–H and O–H groups in total. The summed E-state index contributed by atoms with van der Waals surface area (Å²) in [5.74, 6) is 0. The van der Waals surface area contributed by atoms with Gasteiger partial charge >= 0.3 is 11.4 Å². The summed E-state index contributed by atoms with van der Waals surface area (Å²) in [6.07, 6.45) is 2.31. The maximum atomic E-state index is 11.2. The summed E-state index contributed by atoms with van der Waals surface area (Å²) in [7, 11) is 0. The lowest BCUT2D eigenvalue weighted by Gasteiger charge is -2.39. The van der Waals surface area contributed by atoms with Crippen molar-refractivity contribution in [1.29, 1.82) is 0 Å². The Balaban J connectivity index is 2.55. The van der Waals surface area contributed by atoms with Gasteiger partial charge in [0.25, 0.3) is 0 Å². The number of rotatable bonds is 2. The van der Waals surface area contributed by atoms with E-state index in [1.807, 2.05) is 0 Å². The highest BCUT2D eigenvalue weighted by Crippen LogP contribution is 2.36.